The normalized spacial score (nSPS) is 10.3. The van der Waals surface area contributed by atoms with Crippen LogP contribution in [-0.2, 0) is 6.54 Å². The molecule has 4 nitrogen and oxygen atoms in total. The van der Waals surface area contributed by atoms with Gasteiger partial charge in [-0.25, -0.2) is 0 Å². The monoisotopic (exact) mass is 308 g/mol. The molecule has 0 saturated carbocycles. The van der Waals surface area contributed by atoms with Crippen LogP contribution in [0.5, 0.6) is 0 Å². The fourth-order valence-electron chi connectivity index (χ4n) is 1.60. The van der Waals surface area contributed by atoms with Gasteiger partial charge in [-0.2, -0.15) is 0 Å². The quantitative estimate of drug-likeness (QED) is 0.872. The minimum absolute atomic E-state index is 0.131. The molecule has 2 rings (SSSR count). The molecule has 0 aromatic carbocycles. The molecule has 0 N–H and O–H groups in total. The molecule has 0 aliphatic rings. The second kappa shape index (κ2) is 5.82. The first-order valence-electron chi connectivity index (χ1n) is 5.65. The average molecular weight is 309 g/mol. The highest BCUT2D eigenvalue weighted by molar-refractivity contribution is 9.10. The second-order valence-electron chi connectivity index (χ2n) is 3.74. The van der Waals surface area contributed by atoms with E-state index in [9.17, 15) is 4.79 Å². The van der Waals surface area contributed by atoms with Crippen molar-refractivity contribution in [1.29, 1.82) is 0 Å². The topological polar surface area (TPSA) is 46.3 Å². The molecule has 0 aliphatic heterocycles. The van der Waals surface area contributed by atoms with Gasteiger partial charge in [0.2, 0.25) is 0 Å². The van der Waals surface area contributed by atoms with E-state index in [1.807, 2.05) is 25.1 Å². The third-order valence-electron chi connectivity index (χ3n) is 2.53. The van der Waals surface area contributed by atoms with Gasteiger partial charge in [0.1, 0.15) is 0 Å². The highest BCUT2D eigenvalue weighted by Crippen LogP contribution is 2.16. The van der Waals surface area contributed by atoms with Gasteiger partial charge in [-0.1, -0.05) is 6.07 Å². The average Bonchev–Trinajstić information content (AvgIpc) is 2.83. The molecule has 0 spiro atoms. The third-order valence-corrected chi connectivity index (χ3v) is 2.96. The number of hydrogen-bond donors (Lipinski definition) is 0. The molecule has 2 heterocycles. The van der Waals surface area contributed by atoms with Crippen molar-refractivity contribution in [3.63, 3.8) is 0 Å². The van der Waals surface area contributed by atoms with E-state index in [4.69, 9.17) is 4.42 Å². The fraction of sp³-hybridized carbons (Fsp3) is 0.231. The van der Waals surface area contributed by atoms with Crippen LogP contribution in [0.1, 0.15) is 23.2 Å². The maximum atomic E-state index is 12.2. The standard InChI is InChI=1S/C13H13BrN2O2/c1-2-16(9-10-5-3-4-8-15-10)13(17)11-6-7-12(14)18-11/h3-8H,2,9H2,1H3. The van der Waals surface area contributed by atoms with E-state index < -0.39 is 0 Å². The van der Waals surface area contributed by atoms with Gasteiger partial charge in [0.25, 0.3) is 5.91 Å². The van der Waals surface area contributed by atoms with Crippen LogP contribution in [0, 0.1) is 0 Å². The molecule has 2 aromatic rings. The molecule has 0 fully saturated rings. The summed E-state index contributed by atoms with van der Waals surface area (Å²) in [4.78, 5) is 18.1. The van der Waals surface area contributed by atoms with E-state index in [1.54, 1.807) is 23.2 Å². The lowest BCUT2D eigenvalue weighted by Gasteiger charge is -2.18. The van der Waals surface area contributed by atoms with Crippen molar-refractivity contribution in [2.45, 2.75) is 13.5 Å². The Morgan fingerprint density at radius 1 is 1.39 bits per heavy atom. The number of rotatable bonds is 4. The van der Waals surface area contributed by atoms with Crippen LogP contribution in [0.4, 0.5) is 0 Å². The summed E-state index contributed by atoms with van der Waals surface area (Å²) in [6, 6.07) is 9.03. The van der Waals surface area contributed by atoms with Gasteiger partial charge in [-0.05, 0) is 47.1 Å². The molecular weight excluding hydrogens is 296 g/mol. The van der Waals surface area contributed by atoms with Crippen molar-refractivity contribution < 1.29 is 9.21 Å². The molecular formula is C13H13BrN2O2. The summed E-state index contributed by atoms with van der Waals surface area (Å²) in [6.45, 7) is 3.01. The van der Waals surface area contributed by atoms with Gasteiger partial charge in [0, 0.05) is 12.7 Å². The van der Waals surface area contributed by atoms with Crippen molar-refractivity contribution >= 4 is 21.8 Å². The Morgan fingerprint density at radius 3 is 2.78 bits per heavy atom. The number of halogens is 1. The zero-order chi connectivity index (χ0) is 13.0. The van der Waals surface area contributed by atoms with E-state index in [-0.39, 0.29) is 5.91 Å². The molecule has 5 heteroatoms. The molecule has 0 saturated heterocycles. The van der Waals surface area contributed by atoms with E-state index in [0.29, 0.717) is 23.5 Å². The Morgan fingerprint density at radius 2 is 2.22 bits per heavy atom. The van der Waals surface area contributed by atoms with Crippen molar-refractivity contribution in [2.75, 3.05) is 6.54 Å². The zero-order valence-electron chi connectivity index (χ0n) is 9.97. The highest BCUT2D eigenvalue weighted by Gasteiger charge is 2.18. The number of furan rings is 1. The molecule has 94 valence electrons. The summed E-state index contributed by atoms with van der Waals surface area (Å²) in [7, 11) is 0. The van der Waals surface area contributed by atoms with E-state index in [1.165, 1.54) is 0 Å². The molecule has 0 atom stereocenters. The lowest BCUT2D eigenvalue weighted by atomic mass is 10.3. The number of amides is 1. The molecule has 2 aromatic heterocycles. The first-order valence-corrected chi connectivity index (χ1v) is 6.44. The fourth-order valence-corrected chi connectivity index (χ4v) is 1.91. The minimum atomic E-state index is -0.131. The Balaban J connectivity index is 2.12. The highest BCUT2D eigenvalue weighted by atomic mass is 79.9. The largest absolute Gasteiger partial charge is 0.444 e. The zero-order valence-corrected chi connectivity index (χ0v) is 11.6. The lowest BCUT2D eigenvalue weighted by molar-refractivity contribution is 0.0717. The van der Waals surface area contributed by atoms with Crippen molar-refractivity contribution in [3.8, 4) is 0 Å². The smallest absolute Gasteiger partial charge is 0.289 e. The summed E-state index contributed by atoms with van der Waals surface area (Å²) >= 11 is 3.19. The molecule has 0 radical (unpaired) electrons. The van der Waals surface area contributed by atoms with Gasteiger partial charge < -0.3 is 9.32 Å². The van der Waals surface area contributed by atoms with Crippen LogP contribution in [0.3, 0.4) is 0 Å². The third kappa shape index (κ3) is 2.98. The Bertz CT molecular complexity index is 525. The Labute approximate surface area is 114 Å². The summed E-state index contributed by atoms with van der Waals surface area (Å²) in [5.41, 5.74) is 0.860. The minimum Gasteiger partial charge on any atom is -0.444 e. The van der Waals surface area contributed by atoms with Gasteiger partial charge in [0.05, 0.1) is 12.2 Å². The molecule has 0 unspecified atom stereocenters. The van der Waals surface area contributed by atoms with E-state index >= 15 is 0 Å². The SMILES string of the molecule is CCN(Cc1ccccn1)C(=O)c1ccc(Br)o1. The van der Waals surface area contributed by atoms with Crippen LogP contribution >= 0.6 is 15.9 Å². The first kappa shape index (κ1) is 12.8. The van der Waals surface area contributed by atoms with E-state index in [0.717, 1.165) is 5.69 Å². The van der Waals surface area contributed by atoms with Gasteiger partial charge in [0.15, 0.2) is 10.4 Å². The number of nitrogens with zero attached hydrogens (tertiary/aromatic N) is 2. The molecule has 1 amide bonds. The number of pyridine rings is 1. The molecule has 18 heavy (non-hydrogen) atoms. The lowest BCUT2D eigenvalue weighted by Crippen LogP contribution is -2.30. The summed E-state index contributed by atoms with van der Waals surface area (Å²) in [5, 5.41) is 0. The van der Waals surface area contributed by atoms with Crippen molar-refractivity contribution in [3.05, 3.63) is 52.7 Å². The van der Waals surface area contributed by atoms with Gasteiger partial charge in [-0.15, -0.1) is 0 Å². The van der Waals surface area contributed by atoms with Crippen LogP contribution in [0.25, 0.3) is 0 Å². The Kier molecular flexibility index (Phi) is 4.15. The second-order valence-corrected chi connectivity index (χ2v) is 4.53. The van der Waals surface area contributed by atoms with Crippen LogP contribution < -0.4 is 0 Å². The maximum absolute atomic E-state index is 12.2. The predicted molar refractivity (Wildman–Crippen MR) is 71.1 cm³/mol. The first-order chi connectivity index (χ1) is 8.70. The van der Waals surface area contributed by atoms with Crippen LogP contribution in [-0.4, -0.2) is 22.3 Å². The summed E-state index contributed by atoms with van der Waals surface area (Å²) in [6.07, 6.45) is 1.72. The van der Waals surface area contributed by atoms with Crippen LogP contribution in [0.2, 0.25) is 0 Å². The van der Waals surface area contributed by atoms with Crippen LogP contribution in [0.15, 0.2) is 45.6 Å². The Hall–Kier alpha value is -1.62. The van der Waals surface area contributed by atoms with Crippen molar-refractivity contribution in [1.82, 2.24) is 9.88 Å². The molecule has 0 aliphatic carbocycles. The number of hydrogen-bond acceptors (Lipinski definition) is 3. The van der Waals surface area contributed by atoms with Gasteiger partial charge in [-0.3, -0.25) is 9.78 Å². The number of aromatic nitrogens is 1. The summed E-state index contributed by atoms with van der Waals surface area (Å²) in [5.74, 6) is 0.202. The number of carbonyl (C=O) groups excluding carboxylic acids is 1. The number of carbonyl (C=O) groups is 1. The van der Waals surface area contributed by atoms with Crippen molar-refractivity contribution in [2.24, 2.45) is 0 Å². The maximum Gasteiger partial charge on any atom is 0.289 e. The van der Waals surface area contributed by atoms with E-state index in [2.05, 4.69) is 20.9 Å². The predicted octanol–water partition coefficient (Wildman–Crippen LogP) is 3.10. The summed E-state index contributed by atoms with van der Waals surface area (Å²) < 4.78 is 5.83. The van der Waals surface area contributed by atoms with Gasteiger partial charge >= 0.3 is 0 Å². The molecule has 0 bridgehead atoms.